The highest BCUT2D eigenvalue weighted by Gasteiger charge is 2.37. The summed E-state index contributed by atoms with van der Waals surface area (Å²) in [6, 6.07) is 20.1. The summed E-state index contributed by atoms with van der Waals surface area (Å²) in [4.78, 5) is 17.5. The van der Waals surface area contributed by atoms with Crippen molar-refractivity contribution in [1.82, 2.24) is 9.80 Å². The minimum atomic E-state index is -0.0130. The molecule has 0 N–H and O–H groups in total. The standard InChI is InChI=1S/C20H16N2OS3/c1-21-16(15-10-6-3-7-11-15)13-25-19(21)17-18(23)22(20(24)26-17)12-14-8-4-2-5-9-14/h2-11,13H,12H2,1H3/b19-17-. The molecule has 6 heteroatoms. The third kappa shape index (κ3) is 3.20. The summed E-state index contributed by atoms with van der Waals surface area (Å²) in [5.74, 6) is -0.0130. The van der Waals surface area contributed by atoms with E-state index in [4.69, 9.17) is 12.2 Å². The fraction of sp³-hybridized carbons (Fsp3) is 0.100. The van der Waals surface area contributed by atoms with Gasteiger partial charge in [0.25, 0.3) is 5.91 Å². The summed E-state index contributed by atoms with van der Waals surface area (Å²) in [7, 11) is 2.00. The molecule has 1 amide bonds. The topological polar surface area (TPSA) is 23.6 Å². The molecule has 0 aliphatic carbocycles. The summed E-state index contributed by atoms with van der Waals surface area (Å²) in [6.07, 6.45) is 0. The molecular formula is C20H16N2OS3. The Kier molecular flexibility index (Phi) is 4.89. The van der Waals surface area contributed by atoms with E-state index in [1.54, 1.807) is 16.7 Å². The molecule has 2 aromatic carbocycles. The van der Waals surface area contributed by atoms with Crippen molar-refractivity contribution in [2.75, 3.05) is 7.05 Å². The van der Waals surface area contributed by atoms with Crippen molar-refractivity contribution in [2.45, 2.75) is 6.54 Å². The summed E-state index contributed by atoms with van der Waals surface area (Å²) in [6.45, 7) is 0.510. The van der Waals surface area contributed by atoms with Gasteiger partial charge in [0.1, 0.15) is 9.23 Å². The Morgan fingerprint density at radius 3 is 2.35 bits per heavy atom. The number of benzene rings is 2. The van der Waals surface area contributed by atoms with E-state index < -0.39 is 0 Å². The van der Waals surface area contributed by atoms with Crippen LogP contribution in [-0.2, 0) is 11.3 Å². The maximum Gasteiger partial charge on any atom is 0.269 e. The molecule has 26 heavy (non-hydrogen) atoms. The number of hydrogen-bond acceptors (Lipinski definition) is 5. The van der Waals surface area contributed by atoms with Crippen LogP contribution in [0, 0.1) is 0 Å². The SMILES string of the molecule is CN1C(c2ccccc2)=CS/C1=C1\SC(=S)N(Cc2ccccc2)C1=O. The third-order valence-corrected chi connectivity index (χ3v) is 6.85. The predicted octanol–water partition coefficient (Wildman–Crippen LogP) is 4.89. The molecule has 2 aliphatic rings. The van der Waals surface area contributed by atoms with Crippen molar-refractivity contribution >= 4 is 51.7 Å². The first kappa shape index (κ1) is 17.4. The molecule has 130 valence electrons. The van der Waals surface area contributed by atoms with Gasteiger partial charge < -0.3 is 4.90 Å². The van der Waals surface area contributed by atoms with E-state index in [-0.39, 0.29) is 5.91 Å². The third-order valence-electron chi connectivity index (χ3n) is 4.24. The largest absolute Gasteiger partial charge is 0.337 e. The maximum atomic E-state index is 13.0. The van der Waals surface area contributed by atoms with Crippen LogP contribution in [0.1, 0.15) is 11.1 Å². The van der Waals surface area contributed by atoms with Crippen LogP contribution < -0.4 is 0 Å². The molecule has 0 radical (unpaired) electrons. The average Bonchev–Trinajstić information content (AvgIpc) is 3.18. The van der Waals surface area contributed by atoms with Crippen LogP contribution in [0.15, 0.2) is 76.0 Å². The van der Waals surface area contributed by atoms with Crippen molar-refractivity contribution < 1.29 is 4.79 Å². The van der Waals surface area contributed by atoms with Crippen LogP contribution >= 0.6 is 35.7 Å². The highest BCUT2D eigenvalue weighted by atomic mass is 32.2. The lowest BCUT2D eigenvalue weighted by molar-refractivity contribution is -0.122. The molecule has 0 atom stereocenters. The van der Waals surface area contributed by atoms with Crippen molar-refractivity contribution in [2.24, 2.45) is 0 Å². The Labute approximate surface area is 166 Å². The number of carbonyl (C=O) groups excluding carboxylic acids is 1. The highest BCUT2D eigenvalue weighted by molar-refractivity contribution is 8.27. The van der Waals surface area contributed by atoms with Gasteiger partial charge in [-0.25, -0.2) is 0 Å². The molecule has 4 rings (SSSR count). The normalized spacial score (nSPS) is 20.1. The Hall–Kier alpha value is -2.02. The van der Waals surface area contributed by atoms with E-state index in [2.05, 4.69) is 22.4 Å². The Balaban J connectivity index is 1.59. The number of carbonyl (C=O) groups is 1. The molecule has 2 aromatic rings. The molecule has 1 saturated heterocycles. The van der Waals surface area contributed by atoms with Crippen molar-refractivity contribution in [1.29, 1.82) is 0 Å². The molecule has 1 fully saturated rings. The molecule has 0 saturated carbocycles. The maximum absolute atomic E-state index is 13.0. The average molecular weight is 397 g/mol. The molecule has 3 nitrogen and oxygen atoms in total. The lowest BCUT2D eigenvalue weighted by atomic mass is 10.1. The van der Waals surface area contributed by atoms with E-state index in [9.17, 15) is 4.79 Å². The second-order valence-corrected chi connectivity index (χ2v) is 8.43. The second kappa shape index (κ2) is 7.31. The minimum absolute atomic E-state index is 0.0130. The molecule has 2 heterocycles. The van der Waals surface area contributed by atoms with E-state index >= 15 is 0 Å². The first-order chi connectivity index (χ1) is 12.6. The summed E-state index contributed by atoms with van der Waals surface area (Å²) < 4.78 is 0.614. The van der Waals surface area contributed by atoms with Crippen LogP contribution in [0.5, 0.6) is 0 Å². The molecule has 0 aromatic heterocycles. The van der Waals surface area contributed by atoms with Crippen LogP contribution in [0.2, 0.25) is 0 Å². The first-order valence-electron chi connectivity index (χ1n) is 8.13. The Morgan fingerprint density at radius 2 is 1.65 bits per heavy atom. The summed E-state index contributed by atoms with van der Waals surface area (Å²) in [5.41, 5.74) is 3.31. The quantitative estimate of drug-likeness (QED) is 0.543. The van der Waals surface area contributed by atoms with Gasteiger partial charge in [-0.3, -0.25) is 9.69 Å². The van der Waals surface area contributed by atoms with Gasteiger partial charge in [0, 0.05) is 12.5 Å². The van der Waals surface area contributed by atoms with Gasteiger partial charge in [-0.05, 0) is 11.1 Å². The number of nitrogens with zero attached hydrogens (tertiary/aromatic N) is 2. The van der Waals surface area contributed by atoms with Gasteiger partial charge in [-0.2, -0.15) is 0 Å². The number of hydrogen-bond donors (Lipinski definition) is 0. The van der Waals surface area contributed by atoms with E-state index in [0.717, 1.165) is 21.9 Å². The van der Waals surface area contributed by atoms with Crippen molar-refractivity contribution in [3.63, 3.8) is 0 Å². The smallest absolute Gasteiger partial charge is 0.269 e. The van der Waals surface area contributed by atoms with Gasteiger partial charge in [0.15, 0.2) is 0 Å². The number of amides is 1. The van der Waals surface area contributed by atoms with E-state index in [1.165, 1.54) is 11.8 Å². The number of thioether (sulfide) groups is 2. The zero-order chi connectivity index (χ0) is 18.1. The first-order valence-corrected chi connectivity index (χ1v) is 10.2. The lowest BCUT2D eigenvalue weighted by Gasteiger charge is -2.19. The zero-order valence-electron chi connectivity index (χ0n) is 14.1. The number of thiocarbonyl (C=S) groups is 1. The van der Waals surface area contributed by atoms with Crippen LogP contribution in [0.4, 0.5) is 0 Å². The van der Waals surface area contributed by atoms with Gasteiger partial charge in [-0.15, -0.1) is 0 Å². The Morgan fingerprint density at radius 1 is 1.00 bits per heavy atom. The van der Waals surface area contributed by atoms with E-state index in [0.29, 0.717) is 15.8 Å². The fourth-order valence-electron chi connectivity index (χ4n) is 2.88. The van der Waals surface area contributed by atoms with Crippen molar-refractivity contribution in [3.8, 4) is 0 Å². The van der Waals surface area contributed by atoms with E-state index in [1.807, 2.05) is 55.6 Å². The number of rotatable bonds is 3. The molecule has 0 spiro atoms. The Bertz CT molecular complexity index is 923. The highest BCUT2D eigenvalue weighted by Crippen LogP contribution is 2.45. The van der Waals surface area contributed by atoms with Gasteiger partial charge in [0.2, 0.25) is 0 Å². The molecule has 0 unspecified atom stereocenters. The second-order valence-electron chi connectivity index (χ2n) is 5.93. The lowest BCUT2D eigenvalue weighted by Crippen LogP contribution is -2.28. The minimum Gasteiger partial charge on any atom is -0.337 e. The van der Waals surface area contributed by atoms with Gasteiger partial charge >= 0.3 is 0 Å². The van der Waals surface area contributed by atoms with Crippen LogP contribution in [0.25, 0.3) is 5.70 Å². The summed E-state index contributed by atoms with van der Waals surface area (Å²) >= 11 is 8.45. The molecule has 2 aliphatic heterocycles. The summed E-state index contributed by atoms with van der Waals surface area (Å²) in [5, 5.41) is 3.03. The molecule has 0 bridgehead atoms. The predicted molar refractivity (Wildman–Crippen MR) is 114 cm³/mol. The molecular weight excluding hydrogens is 380 g/mol. The van der Waals surface area contributed by atoms with Crippen LogP contribution in [0.3, 0.4) is 0 Å². The monoisotopic (exact) mass is 396 g/mol. The van der Waals surface area contributed by atoms with Crippen molar-refractivity contribution in [3.05, 3.63) is 87.1 Å². The zero-order valence-corrected chi connectivity index (χ0v) is 16.5. The van der Waals surface area contributed by atoms with Gasteiger partial charge in [-0.1, -0.05) is 96.4 Å². The van der Waals surface area contributed by atoms with Crippen LogP contribution in [-0.4, -0.2) is 27.1 Å². The van der Waals surface area contributed by atoms with Gasteiger partial charge in [0.05, 0.1) is 17.3 Å². The fourth-order valence-corrected chi connectivity index (χ4v) is 5.37.